The molecule has 0 spiro atoms. The van der Waals surface area contributed by atoms with E-state index in [1.165, 1.54) is 0 Å². The van der Waals surface area contributed by atoms with Crippen molar-refractivity contribution in [1.82, 2.24) is 0 Å². The van der Waals surface area contributed by atoms with Crippen LogP contribution in [0.2, 0.25) is 0 Å². The van der Waals surface area contributed by atoms with Gasteiger partial charge in [0.2, 0.25) is 0 Å². The molecule has 0 aromatic rings. The molecule has 0 bridgehead atoms. The van der Waals surface area contributed by atoms with Gasteiger partial charge in [0, 0.05) is 0 Å². The Balaban J connectivity index is -0.0000000221. The van der Waals surface area contributed by atoms with Crippen LogP contribution in [0.25, 0.3) is 0 Å². The van der Waals surface area contributed by atoms with E-state index >= 15 is 0 Å². The zero-order valence-electron chi connectivity index (χ0n) is 6.71. The van der Waals surface area contributed by atoms with Crippen molar-refractivity contribution in [3.63, 3.8) is 0 Å². The molecule has 0 saturated heterocycles. The Labute approximate surface area is 97.7 Å². The van der Waals surface area contributed by atoms with Crippen LogP contribution >= 0.6 is 7.82 Å². The van der Waals surface area contributed by atoms with E-state index in [1.807, 2.05) is 0 Å². The second-order valence-electron chi connectivity index (χ2n) is 0.796. The van der Waals surface area contributed by atoms with Crippen molar-refractivity contribution in [3.8, 4) is 0 Å². The van der Waals surface area contributed by atoms with Gasteiger partial charge >= 0.3 is 62.5 Å². The SMILES string of the molecule is O=P(O)(O)O.O=[Si](O)O.[H-].[H-].[Sr+2]. The summed E-state index contributed by atoms with van der Waals surface area (Å²) in [7, 11) is -7.77. The van der Waals surface area contributed by atoms with E-state index in [4.69, 9.17) is 33.3 Å². The van der Waals surface area contributed by atoms with Crippen molar-refractivity contribution in [1.29, 1.82) is 0 Å². The average Bonchev–Trinajstić information content (AvgIpc) is 1.19. The molecule has 5 N–H and O–H groups in total. The summed E-state index contributed by atoms with van der Waals surface area (Å²) in [5, 5.41) is 0. The van der Waals surface area contributed by atoms with E-state index in [-0.39, 0.29) is 48.3 Å². The quantitative estimate of drug-likeness (QED) is 0.238. The Morgan fingerprint density at radius 3 is 1.20 bits per heavy atom. The van der Waals surface area contributed by atoms with Gasteiger partial charge in [-0.15, -0.1) is 0 Å². The molecule has 10 heavy (non-hydrogen) atoms. The Morgan fingerprint density at radius 1 is 1.20 bits per heavy atom. The topological polar surface area (TPSA) is 135 Å². The maximum atomic E-state index is 8.88. The first-order valence-corrected chi connectivity index (χ1v) is 4.30. The predicted octanol–water partition coefficient (Wildman–Crippen LogP) is -2.70. The van der Waals surface area contributed by atoms with Crippen molar-refractivity contribution < 1.29 is 36.2 Å². The summed E-state index contributed by atoms with van der Waals surface area (Å²) < 4.78 is 17.6. The van der Waals surface area contributed by atoms with Gasteiger partial charge in [-0.3, -0.25) is 4.46 Å². The first-order chi connectivity index (χ1) is 3.73. The van der Waals surface area contributed by atoms with Crippen LogP contribution in [0.15, 0.2) is 0 Å². The molecule has 10 heteroatoms. The molecule has 0 rings (SSSR count). The normalized spacial score (nSPS) is 8.30. The smallest absolute Gasteiger partial charge is 1.00 e. The molecule has 0 aliphatic rings. The van der Waals surface area contributed by atoms with Crippen LogP contribution in [0, 0.1) is 0 Å². The van der Waals surface area contributed by atoms with Gasteiger partial charge in [0.15, 0.2) is 0 Å². The second-order valence-corrected chi connectivity index (χ2v) is 2.39. The average molecular weight is 266 g/mol. The second kappa shape index (κ2) is 8.31. The standard InChI is InChI=1S/H3O4P.H2O3Si.Sr.2H/c1-5(2,3)4;1-4(2)3;;;/h(H3,1,2,3,4);1-2H;;;/q;;+2;2*-1. The van der Waals surface area contributed by atoms with E-state index in [2.05, 4.69) is 0 Å². The zero-order chi connectivity index (χ0) is 8.08. The van der Waals surface area contributed by atoms with Crippen molar-refractivity contribution in [2.75, 3.05) is 0 Å². The van der Waals surface area contributed by atoms with E-state index in [1.54, 1.807) is 0 Å². The van der Waals surface area contributed by atoms with E-state index < -0.39 is 17.0 Å². The summed E-state index contributed by atoms with van der Waals surface area (Å²) in [4.78, 5) is 35.9. The molecule has 7 nitrogen and oxygen atoms in total. The number of rotatable bonds is 0. The van der Waals surface area contributed by atoms with Crippen molar-refractivity contribution in [3.05, 3.63) is 0 Å². The number of hydrogen-bond donors (Lipinski definition) is 5. The summed E-state index contributed by atoms with van der Waals surface area (Å²) >= 11 is 0. The molecule has 0 aliphatic heterocycles. The summed E-state index contributed by atoms with van der Waals surface area (Å²) in [6.45, 7) is 0. The van der Waals surface area contributed by atoms with E-state index in [0.717, 1.165) is 0 Å². The summed E-state index contributed by atoms with van der Waals surface area (Å²) in [5.41, 5.74) is 0. The fourth-order valence-electron chi connectivity index (χ4n) is 0. The van der Waals surface area contributed by atoms with Gasteiger partial charge in [0.1, 0.15) is 0 Å². The third-order valence-electron chi connectivity index (χ3n) is 0. The van der Waals surface area contributed by atoms with Crippen molar-refractivity contribution in [2.24, 2.45) is 0 Å². The van der Waals surface area contributed by atoms with E-state index in [0.29, 0.717) is 0 Å². The minimum Gasteiger partial charge on any atom is -1.00 e. The van der Waals surface area contributed by atoms with Crippen LogP contribution < -0.4 is 0 Å². The molecule has 0 aromatic heterocycles. The Hall–Kier alpha value is 1.21. The fraction of sp³-hybridized carbons (Fsp3) is 0. The molecular weight excluding hydrogens is 259 g/mol. The maximum absolute atomic E-state index is 8.88. The molecule has 0 aromatic carbocycles. The Kier molecular flexibility index (Phi) is 14.4. The molecule has 60 valence electrons. The molecule has 0 saturated carbocycles. The molecule has 0 amide bonds. The van der Waals surface area contributed by atoms with Gasteiger partial charge in [0.25, 0.3) is 0 Å². The third kappa shape index (κ3) is 425. The van der Waals surface area contributed by atoms with Crippen molar-refractivity contribution >= 4 is 62.5 Å². The van der Waals surface area contributed by atoms with Gasteiger partial charge in [-0.05, 0) is 0 Å². The first kappa shape index (κ1) is 17.3. The van der Waals surface area contributed by atoms with Crippen LogP contribution in [0.1, 0.15) is 2.85 Å². The molecule has 0 fully saturated rings. The molecule has 0 radical (unpaired) electrons. The van der Waals surface area contributed by atoms with Crippen LogP contribution in [0.3, 0.4) is 0 Å². The van der Waals surface area contributed by atoms with Crippen LogP contribution in [0.5, 0.6) is 0 Å². The Morgan fingerprint density at radius 2 is 1.20 bits per heavy atom. The van der Waals surface area contributed by atoms with Gasteiger partial charge in [-0.1, -0.05) is 0 Å². The van der Waals surface area contributed by atoms with Gasteiger partial charge in [-0.2, -0.15) is 0 Å². The minimum atomic E-state index is -4.64. The van der Waals surface area contributed by atoms with E-state index in [9.17, 15) is 0 Å². The van der Waals surface area contributed by atoms with Crippen LogP contribution in [-0.2, 0) is 9.03 Å². The monoisotopic (exact) mass is 266 g/mol. The van der Waals surface area contributed by atoms with Gasteiger partial charge < -0.3 is 27.1 Å². The van der Waals surface area contributed by atoms with Crippen LogP contribution in [-0.4, -0.2) is 78.9 Å². The zero-order valence-corrected chi connectivity index (χ0v) is 10.1. The molecule has 0 aliphatic carbocycles. The van der Waals surface area contributed by atoms with Crippen LogP contribution in [0.4, 0.5) is 0 Å². The maximum Gasteiger partial charge on any atom is 2.00 e. The fourth-order valence-corrected chi connectivity index (χ4v) is 0. The van der Waals surface area contributed by atoms with Crippen molar-refractivity contribution in [2.45, 2.75) is 0 Å². The first-order valence-electron chi connectivity index (χ1n) is 1.43. The molecule has 0 atom stereocenters. The summed E-state index contributed by atoms with van der Waals surface area (Å²) in [6, 6.07) is 0. The predicted molar refractivity (Wildman–Crippen MR) is 33.1 cm³/mol. The van der Waals surface area contributed by atoms with Gasteiger partial charge in [0.05, 0.1) is 0 Å². The summed E-state index contributed by atoms with van der Waals surface area (Å²) in [6.07, 6.45) is 0. The minimum absolute atomic E-state index is 0. The molecular formula is H7O7PSiSr. The molecule has 0 heterocycles. The number of phosphoric acid groups is 1. The molecule has 0 unspecified atom stereocenters. The number of hydrogen-bond acceptors (Lipinski definition) is 2. The third-order valence-corrected chi connectivity index (χ3v) is 0. The largest absolute Gasteiger partial charge is 2.00 e. The summed E-state index contributed by atoms with van der Waals surface area (Å²) in [5.74, 6) is 0. The van der Waals surface area contributed by atoms with Gasteiger partial charge in [-0.25, -0.2) is 4.57 Å². The Bertz CT molecular complexity index is 121.